The molecule has 0 aliphatic carbocycles. The summed E-state index contributed by atoms with van der Waals surface area (Å²) in [5.41, 5.74) is 1.47. The van der Waals surface area contributed by atoms with Crippen LogP contribution in [0.4, 0.5) is 0 Å². The number of aliphatic imine (C=N–C) groups is 1. The van der Waals surface area contributed by atoms with Crippen LogP contribution in [0.3, 0.4) is 0 Å². The topological polar surface area (TPSA) is 67.1 Å². The summed E-state index contributed by atoms with van der Waals surface area (Å²) < 4.78 is 1.76. The maximum absolute atomic E-state index is 4.32. The van der Waals surface area contributed by atoms with Gasteiger partial charge in [0, 0.05) is 26.1 Å². The molecule has 25 heavy (non-hydrogen) atoms. The van der Waals surface area contributed by atoms with Crippen LogP contribution in [0.1, 0.15) is 38.1 Å². The van der Waals surface area contributed by atoms with Crippen molar-refractivity contribution in [2.24, 2.45) is 12.0 Å². The van der Waals surface area contributed by atoms with Crippen LogP contribution in [-0.2, 0) is 19.0 Å². The number of nitrogens with zero attached hydrogens (tertiary/aromatic N) is 4. The van der Waals surface area contributed by atoms with Crippen molar-refractivity contribution < 1.29 is 0 Å². The van der Waals surface area contributed by atoms with Gasteiger partial charge in [0.25, 0.3) is 0 Å². The molecule has 0 atom stereocenters. The van der Waals surface area contributed by atoms with Gasteiger partial charge in [0.15, 0.2) is 5.96 Å². The van der Waals surface area contributed by atoms with Crippen LogP contribution in [0.25, 0.3) is 0 Å². The fraction of sp³-hybridized carbons (Fsp3) is 0.500. The Bertz CT molecular complexity index is 649. The average Bonchev–Trinajstić information content (AvgIpc) is 3.04. The number of benzene rings is 1. The van der Waals surface area contributed by atoms with Crippen molar-refractivity contribution in [1.82, 2.24) is 25.4 Å². The molecule has 0 fully saturated rings. The molecule has 2 N–H and O–H groups in total. The zero-order valence-electron chi connectivity index (χ0n) is 15.5. The number of nitrogens with one attached hydrogen (secondary N) is 2. The summed E-state index contributed by atoms with van der Waals surface area (Å²) in [6.45, 7) is 5.91. The number of guanidine groups is 1. The Balaban J connectivity index is 0.00000312. The lowest BCUT2D eigenvalue weighted by Crippen LogP contribution is -2.45. The fourth-order valence-corrected chi connectivity index (χ4v) is 2.92. The molecule has 138 valence electrons. The van der Waals surface area contributed by atoms with Crippen LogP contribution in [0, 0.1) is 0 Å². The van der Waals surface area contributed by atoms with Gasteiger partial charge in [-0.05, 0) is 18.4 Å². The quantitative estimate of drug-likeness (QED) is 0.382. The van der Waals surface area contributed by atoms with Gasteiger partial charge in [0.05, 0.1) is 6.54 Å². The molecule has 1 aromatic carbocycles. The molecule has 7 heteroatoms. The second kappa shape index (κ2) is 10.4. The van der Waals surface area contributed by atoms with E-state index >= 15 is 0 Å². The molecule has 0 spiro atoms. The van der Waals surface area contributed by atoms with E-state index in [1.165, 1.54) is 5.56 Å². The Morgan fingerprint density at radius 3 is 2.36 bits per heavy atom. The van der Waals surface area contributed by atoms with Crippen molar-refractivity contribution in [3.05, 3.63) is 48.0 Å². The lowest BCUT2D eigenvalue weighted by molar-refractivity contribution is 0.389. The van der Waals surface area contributed by atoms with Crippen molar-refractivity contribution >= 4 is 29.9 Å². The van der Waals surface area contributed by atoms with Gasteiger partial charge in [-0.1, -0.05) is 44.2 Å². The molecule has 2 aromatic rings. The zero-order chi connectivity index (χ0) is 17.4. The number of aromatic nitrogens is 3. The van der Waals surface area contributed by atoms with Crippen LogP contribution in [0.5, 0.6) is 0 Å². The minimum absolute atomic E-state index is 0. The molecule has 0 radical (unpaired) electrons. The third kappa shape index (κ3) is 5.42. The lowest BCUT2D eigenvalue weighted by Gasteiger charge is -2.33. The van der Waals surface area contributed by atoms with E-state index in [9.17, 15) is 0 Å². The highest BCUT2D eigenvalue weighted by Crippen LogP contribution is 2.30. The van der Waals surface area contributed by atoms with Crippen LogP contribution in [0.15, 0.2) is 41.7 Å². The summed E-state index contributed by atoms with van der Waals surface area (Å²) in [7, 11) is 3.67. The molecule has 0 saturated carbocycles. The first kappa shape index (κ1) is 21.4. The Kier molecular flexibility index (Phi) is 8.88. The third-order valence-corrected chi connectivity index (χ3v) is 4.78. The minimum Gasteiger partial charge on any atom is -0.356 e. The van der Waals surface area contributed by atoms with Gasteiger partial charge in [0.2, 0.25) is 0 Å². The summed E-state index contributed by atoms with van der Waals surface area (Å²) in [6.07, 6.45) is 3.70. The number of aryl methyl sites for hydroxylation is 1. The van der Waals surface area contributed by atoms with Gasteiger partial charge in [-0.25, -0.2) is 4.98 Å². The lowest BCUT2D eigenvalue weighted by atomic mass is 9.76. The first-order valence-electron chi connectivity index (χ1n) is 8.48. The van der Waals surface area contributed by atoms with Crippen LogP contribution in [0.2, 0.25) is 0 Å². The van der Waals surface area contributed by atoms with E-state index in [2.05, 4.69) is 69.9 Å². The Labute approximate surface area is 167 Å². The highest BCUT2D eigenvalue weighted by atomic mass is 127. The van der Waals surface area contributed by atoms with Crippen molar-refractivity contribution in [2.45, 2.75) is 38.6 Å². The highest BCUT2D eigenvalue weighted by molar-refractivity contribution is 14.0. The smallest absolute Gasteiger partial charge is 0.191 e. The number of halogens is 1. The fourth-order valence-electron chi connectivity index (χ4n) is 2.92. The van der Waals surface area contributed by atoms with E-state index in [0.717, 1.165) is 31.2 Å². The Morgan fingerprint density at radius 1 is 1.16 bits per heavy atom. The average molecular weight is 456 g/mol. The summed E-state index contributed by atoms with van der Waals surface area (Å²) in [5, 5.41) is 10.9. The maximum Gasteiger partial charge on any atom is 0.191 e. The SMILES string of the molecule is CCC(CC)(CNC(=NC)NCc1ncnn1C)c1ccccc1.I. The normalized spacial score (nSPS) is 11.8. The van der Waals surface area contributed by atoms with Crippen molar-refractivity contribution in [1.29, 1.82) is 0 Å². The summed E-state index contributed by atoms with van der Waals surface area (Å²) >= 11 is 0. The molecule has 1 aromatic heterocycles. The van der Waals surface area contributed by atoms with Crippen molar-refractivity contribution in [3.63, 3.8) is 0 Å². The molecule has 6 nitrogen and oxygen atoms in total. The molecular formula is C18H29IN6. The molecule has 0 aliphatic heterocycles. The summed E-state index contributed by atoms with van der Waals surface area (Å²) in [5.74, 6) is 1.65. The first-order valence-corrected chi connectivity index (χ1v) is 8.48. The largest absolute Gasteiger partial charge is 0.356 e. The molecule has 0 saturated heterocycles. The van der Waals surface area contributed by atoms with E-state index in [1.807, 2.05) is 7.05 Å². The highest BCUT2D eigenvalue weighted by Gasteiger charge is 2.28. The van der Waals surface area contributed by atoms with Gasteiger partial charge in [-0.2, -0.15) is 5.10 Å². The molecule has 0 aliphatic rings. The predicted octanol–water partition coefficient (Wildman–Crippen LogP) is 2.86. The Morgan fingerprint density at radius 2 is 1.84 bits per heavy atom. The van der Waals surface area contributed by atoms with Gasteiger partial charge < -0.3 is 10.6 Å². The first-order chi connectivity index (χ1) is 11.6. The van der Waals surface area contributed by atoms with Crippen molar-refractivity contribution in [2.75, 3.05) is 13.6 Å². The molecular weight excluding hydrogens is 427 g/mol. The summed E-state index contributed by atoms with van der Waals surface area (Å²) in [6, 6.07) is 10.7. The number of rotatable bonds is 7. The Hall–Kier alpha value is -1.64. The second-order valence-corrected chi connectivity index (χ2v) is 5.93. The molecule has 0 bridgehead atoms. The standard InChI is InChI=1S/C18H28N6.HI/c1-5-18(6-2,15-10-8-7-9-11-15)13-21-17(19-3)20-12-16-22-14-23-24(16)4;/h7-11,14H,5-6,12-13H2,1-4H3,(H2,19,20,21);1H. The van der Waals surface area contributed by atoms with Gasteiger partial charge >= 0.3 is 0 Å². The van der Waals surface area contributed by atoms with Crippen LogP contribution >= 0.6 is 24.0 Å². The van der Waals surface area contributed by atoms with E-state index in [0.29, 0.717) is 6.54 Å². The number of hydrogen-bond donors (Lipinski definition) is 2. The zero-order valence-corrected chi connectivity index (χ0v) is 17.8. The van der Waals surface area contributed by atoms with E-state index in [-0.39, 0.29) is 29.4 Å². The van der Waals surface area contributed by atoms with E-state index in [1.54, 1.807) is 18.1 Å². The number of hydrogen-bond acceptors (Lipinski definition) is 3. The van der Waals surface area contributed by atoms with Crippen LogP contribution < -0.4 is 10.6 Å². The summed E-state index contributed by atoms with van der Waals surface area (Å²) in [4.78, 5) is 8.54. The van der Waals surface area contributed by atoms with Crippen molar-refractivity contribution in [3.8, 4) is 0 Å². The molecule has 0 unspecified atom stereocenters. The van der Waals surface area contributed by atoms with Gasteiger partial charge in [-0.3, -0.25) is 9.67 Å². The molecule has 0 amide bonds. The second-order valence-electron chi connectivity index (χ2n) is 5.93. The van der Waals surface area contributed by atoms with Crippen LogP contribution in [-0.4, -0.2) is 34.3 Å². The molecule has 2 rings (SSSR count). The minimum atomic E-state index is 0. The third-order valence-electron chi connectivity index (χ3n) is 4.78. The molecule has 1 heterocycles. The van der Waals surface area contributed by atoms with E-state index < -0.39 is 0 Å². The predicted molar refractivity (Wildman–Crippen MR) is 113 cm³/mol. The van der Waals surface area contributed by atoms with E-state index in [4.69, 9.17) is 0 Å². The van der Waals surface area contributed by atoms with Gasteiger partial charge in [0.1, 0.15) is 12.2 Å². The monoisotopic (exact) mass is 456 g/mol. The maximum atomic E-state index is 4.32. The van der Waals surface area contributed by atoms with Gasteiger partial charge in [-0.15, -0.1) is 24.0 Å².